The summed E-state index contributed by atoms with van der Waals surface area (Å²) in [4.78, 5) is 3.92. The lowest BCUT2D eigenvalue weighted by atomic mass is 9.98. The number of hydrogen-bond donors (Lipinski definition) is 2. The third kappa shape index (κ3) is 3.12. The van der Waals surface area contributed by atoms with E-state index in [9.17, 15) is 5.11 Å². The van der Waals surface area contributed by atoms with Gasteiger partial charge >= 0.3 is 0 Å². The van der Waals surface area contributed by atoms with E-state index < -0.39 is 6.10 Å². The molecular formula is C14H16N2O. The largest absolute Gasteiger partial charge is 0.387 e. The first-order valence-electron chi connectivity index (χ1n) is 5.65. The first kappa shape index (κ1) is 11.8. The predicted octanol–water partition coefficient (Wildman–Crippen LogP) is 1.69. The van der Waals surface area contributed by atoms with E-state index in [0.717, 1.165) is 11.1 Å². The van der Waals surface area contributed by atoms with E-state index in [2.05, 4.69) is 4.98 Å². The van der Waals surface area contributed by atoms with Gasteiger partial charge in [0.15, 0.2) is 0 Å². The Bertz CT molecular complexity index is 444. The monoisotopic (exact) mass is 228 g/mol. The summed E-state index contributed by atoms with van der Waals surface area (Å²) in [6, 6.07) is 13.2. The highest BCUT2D eigenvalue weighted by molar-refractivity contribution is 5.19. The van der Waals surface area contributed by atoms with Gasteiger partial charge in [0.25, 0.3) is 0 Å². The van der Waals surface area contributed by atoms with Gasteiger partial charge in [0, 0.05) is 18.4 Å². The van der Waals surface area contributed by atoms with E-state index in [0.29, 0.717) is 6.42 Å². The van der Waals surface area contributed by atoms with Crippen LogP contribution in [0.2, 0.25) is 0 Å². The third-order valence-corrected chi connectivity index (χ3v) is 2.77. The second kappa shape index (κ2) is 5.57. The molecule has 1 aromatic heterocycles. The predicted molar refractivity (Wildman–Crippen MR) is 67.3 cm³/mol. The van der Waals surface area contributed by atoms with E-state index in [-0.39, 0.29) is 6.04 Å². The van der Waals surface area contributed by atoms with Crippen molar-refractivity contribution in [2.24, 2.45) is 5.73 Å². The molecule has 17 heavy (non-hydrogen) atoms. The Morgan fingerprint density at radius 2 is 1.71 bits per heavy atom. The van der Waals surface area contributed by atoms with Crippen LogP contribution in [0, 0.1) is 0 Å². The molecule has 0 bridgehead atoms. The van der Waals surface area contributed by atoms with Gasteiger partial charge in [0.1, 0.15) is 0 Å². The normalized spacial score (nSPS) is 14.2. The summed E-state index contributed by atoms with van der Waals surface area (Å²) in [5.74, 6) is 0. The molecular weight excluding hydrogens is 212 g/mol. The standard InChI is InChI=1S/C14H16N2O/c15-13(10-11-4-2-1-3-5-11)14(17)12-6-8-16-9-7-12/h1-9,13-14,17H,10,15H2. The summed E-state index contributed by atoms with van der Waals surface area (Å²) in [6.07, 6.45) is 3.32. The Kier molecular flexibility index (Phi) is 3.85. The van der Waals surface area contributed by atoms with Gasteiger partial charge in [-0.25, -0.2) is 0 Å². The molecule has 0 aliphatic rings. The van der Waals surface area contributed by atoms with Crippen molar-refractivity contribution < 1.29 is 5.11 Å². The lowest BCUT2D eigenvalue weighted by Gasteiger charge is -2.19. The first-order chi connectivity index (χ1) is 8.27. The van der Waals surface area contributed by atoms with Crippen molar-refractivity contribution in [3.8, 4) is 0 Å². The quantitative estimate of drug-likeness (QED) is 0.837. The van der Waals surface area contributed by atoms with Crippen molar-refractivity contribution in [3.05, 3.63) is 66.0 Å². The highest BCUT2D eigenvalue weighted by atomic mass is 16.3. The molecule has 0 amide bonds. The molecule has 0 aliphatic heterocycles. The molecule has 0 aliphatic carbocycles. The van der Waals surface area contributed by atoms with Gasteiger partial charge in [-0.2, -0.15) is 0 Å². The zero-order valence-electron chi connectivity index (χ0n) is 9.53. The number of rotatable bonds is 4. The summed E-state index contributed by atoms with van der Waals surface area (Å²) in [6.45, 7) is 0. The van der Waals surface area contributed by atoms with Gasteiger partial charge in [-0.15, -0.1) is 0 Å². The van der Waals surface area contributed by atoms with Crippen LogP contribution in [-0.2, 0) is 6.42 Å². The van der Waals surface area contributed by atoms with Crippen LogP contribution in [0.3, 0.4) is 0 Å². The molecule has 0 radical (unpaired) electrons. The summed E-state index contributed by atoms with van der Waals surface area (Å²) >= 11 is 0. The minimum Gasteiger partial charge on any atom is -0.387 e. The minimum absolute atomic E-state index is 0.306. The van der Waals surface area contributed by atoms with Gasteiger partial charge < -0.3 is 10.8 Å². The van der Waals surface area contributed by atoms with Gasteiger partial charge in [0.05, 0.1) is 6.10 Å². The molecule has 3 heteroatoms. The third-order valence-electron chi connectivity index (χ3n) is 2.77. The fraction of sp³-hybridized carbons (Fsp3) is 0.214. The number of nitrogens with two attached hydrogens (primary N) is 1. The number of nitrogens with zero attached hydrogens (tertiary/aromatic N) is 1. The van der Waals surface area contributed by atoms with Gasteiger partial charge in [-0.05, 0) is 29.7 Å². The average Bonchev–Trinajstić information content (AvgIpc) is 2.40. The van der Waals surface area contributed by atoms with Crippen LogP contribution in [-0.4, -0.2) is 16.1 Å². The molecule has 2 aromatic rings. The zero-order chi connectivity index (χ0) is 12.1. The number of benzene rings is 1. The Balaban J connectivity index is 2.03. The Morgan fingerprint density at radius 3 is 2.35 bits per heavy atom. The molecule has 2 atom stereocenters. The van der Waals surface area contributed by atoms with E-state index in [4.69, 9.17) is 5.73 Å². The second-order valence-electron chi connectivity index (χ2n) is 4.08. The first-order valence-corrected chi connectivity index (χ1v) is 5.65. The van der Waals surface area contributed by atoms with Crippen LogP contribution in [0.4, 0.5) is 0 Å². The fourth-order valence-corrected chi connectivity index (χ4v) is 1.81. The molecule has 3 N–H and O–H groups in total. The topological polar surface area (TPSA) is 59.1 Å². The summed E-state index contributed by atoms with van der Waals surface area (Å²) in [7, 11) is 0. The number of aliphatic hydroxyl groups excluding tert-OH is 1. The van der Waals surface area contributed by atoms with Crippen LogP contribution in [0.25, 0.3) is 0 Å². The SMILES string of the molecule is NC(Cc1ccccc1)C(O)c1ccncc1. The van der Waals surface area contributed by atoms with E-state index in [1.54, 1.807) is 24.5 Å². The van der Waals surface area contributed by atoms with Crippen LogP contribution in [0.1, 0.15) is 17.2 Å². The number of aromatic nitrogens is 1. The molecule has 2 rings (SSSR count). The molecule has 0 fully saturated rings. The average molecular weight is 228 g/mol. The van der Waals surface area contributed by atoms with Crippen molar-refractivity contribution in [2.75, 3.05) is 0 Å². The summed E-state index contributed by atoms with van der Waals surface area (Å²) in [5.41, 5.74) is 7.95. The molecule has 3 nitrogen and oxygen atoms in total. The van der Waals surface area contributed by atoms with Crippen molar-refractivity contribution in [2.45, 2.75) is 18.6 Å². The molecule has 2 unspecified atom stereocenters. The summed E-state index contributed by atoms with van der Waals surface area (Å²) in [5, 5.41) is 10.1. The molecule has 88 valence electrons. The smallest absolute Gasteiger partial charge is 0.0945 e. The molecule has 1 heterocycles. The van der Waals surface area contributed by atoms with Gasteiger partial charge in [-0.1, -0.05) is 30.3 Å². The van der Waals surface area contributed by atoms with Crippen molar-refractivity contribution in [1.82, 2.24) is 4.98 Å². The van der Waals surface area contributed by atoms with Crippen LogP contribution in [0.15, 0.2) is 54.9 Å². The van der Waals surface area contributed by atoms with Crippen molar-refractivity contribution in [3.63, 3.8) is 0 Å². The van der Waals surface area contributed by atoms with Gasteiger partial charge in [0.2, 0.25) is 0 Å². The van der Waals surface area contributed by atoms with Crippen molar-refractivity contribution in [1.29, 1.82) is 0 Å². The Morgan fingerprint density at radius 1 is 1.06 bits per heavy atom. The molecule has 0 saturated carbocycles. The van der Waals surface area contributed by atoms with E-state index in [1.165, 1.54) is 0 Å². The lowest BCUT2D eigenvalue weighted by Crippen LogP contribution is -2.30. The second-order valence-corrected chi connectivity index (χ2v) is 4.08. The van der Waals surface area contributed by atoms with Crippen LogP contribution in [0.5, 0.6) is 0 Å². The van der Waals surface area contributed by atoms with Crippen LogP contribution < -0.4 is 5.73 Å². The number of hydrogen-bond acceptors (Lipinski definition) is 3. The highest BCUT2D eigenvalue weighted by Gasteiger charge is 2.16. The number of pyridine rings is 1. The van der Waals surface area contributed by atoms with Gasteiger partial charge in [-0.3, -0.25) is 4.98 Å². The molecule has 0 spiro atoms. The van der Waals surface area contributed by atoms with E-state index in [1.807, 2.05) is 30.3 Å². The Labute approximate surface area is 101 Å². The van der Waals surface area contributed by atoms with Crippen LogP contribution >= 0.6 is 0 Å². The summed E-state index contributed by atoms with van der Waals surface area (Å²) < 4.78 is 0. The highest BCUT2D eigenvalue weighted by Crippen LogP contribution is 2.17. The maximum Gasteiger partial charge on any atom is 0.0945 e. The minimum atomic E-state index is -0.654. The maximum absolute atomic E-state index is 10.1. The Hall–Kier alpha value is -1.71. The lowest BCUT2D eigenvalue weighted by molar-refractivity contribution is 0.146. The molecule has 0 saturated heterocycles. The van der Waals surface area contributed by atoms with Crippen molar-refractivity contribution >= 4 is 0 Å². The fourth-order valence-electron chi connectivity index (χ4n) is 1.81. The number of aliphatic hydroxyl groups is 1. The molecule has 1 aromatic carbocycles. The van der Waals surface area contributed by atoms with E-state index >= 15 is 0 Å². The maximum atomic E-state index is 10.1. The zero-order valence-corrected chi connectivity index (χ0v) is 9.53.